The number of esters is 1. The molecule has 0 aromatic heterocycles. The first-order valence-corrected chi connectivity index (χ1v) is 7.45. The minimum atomic E-state index is -0.370. The van der Waals surface area contributed by atoms with Gasteiger partial charge in [-0.2, -0.15) is 0 Å². The third-order valence-corrected chi connectivity index (χ3v) is 3.00. The van der Waals surface area contributed by atoms with Gasteiger partial charge >= 0.3 is 5.97 Å². The highest BCUT2D eigenvalue weighted by Crippen LogP contribution is 2.31. The summed E-state index contributed by atoms with van der Waals surface area (Å²) in [4.78, 5) is 21.5. The molecule has 1 fully saturated rings. The smallest absolute Gasteiger partial charge is 0.312 e. The van der Waals surface area contributed by atoms with Crippen LogP contribution >= 0.6 is 0 Å². The summed E-state index contributed by atoms with van der Waals surface area (Å²) >= 11 is 0. The molecule has 0 aromatic rings. The normalized spacial score (nSPS) is 18.0. The molecular formula is C16H31NO4. The van der Waals surface area contributed by atoms with Crippen molar-refractivity contribution in [1.29, 1.82) is 0 Å². The fourth-order valence-electron chi connectivity index (χ4n) is 1.73. The first-order valence-electron chi connectivity index (χ1n) is 7.45. The molecule has 0 atom stereocenters. The van der Waals surface area contributed by atoms with Crippen LogP contribution in [0.3, 0.4) is 0 Å². The average molecular weight is 301 g/mol. The fourth-order valence-corrected chi connectivity index (χ4v) is 1.73. The number of carbonyl (C=O) groups excluding carboxylic acids is 2. The van der Waals surface area contributed by atoms with Crippen molar-refractivity contribution in [2.24, 2.45) is 5.41 Å². The Bertz CT molecular complexity index is 333. The molecule has 0 bridgehead atoms. The van der Waals surface area contributed by atoms with Crippen LogP contribution in [0.1, 0.15) is 61.3 Å². The van der Waals surface area contributed by atoms with Gasteiger partial charge in [0.25, 0.3) is 6.47 Å². The van der Waals surface area contributed by atoms with E-state index in [0.29, 0.717) is 6.47 Å². The molecule has 1 rings (SSSR count). The molecule has 1 saturated heterocycles. The van der Waals surface area contributed by atoms with Crippen LogP contribution in [0.15, 0.2) is 0 Å². The molecule has 124 valence electrons. The molecule has 1 aliphatic rings. The summed E-state index contributed by atoms with van der Waals surface area (Å²) in [5.41, 5.74) is -0.967. The van der Waals surface area contributed by atoms with E-state index in [0.717, 1.165) is 25.9 Å². The largest absolute Gasteiger partial charge is 0.462 e. The standard InChI is InChI=1S/C11H21NO2.C5H10O2/c1-10(2,3)14-9(13)11(4)5-7-12-8-6-11;1-5(2,3)7-4-6/h12H,5-8H2,1-4H3;4H,1-3H3. The Labute approximate surface area is 128 Å². The molecule has 0 amide bonds. The predicted molar refractivity (Wildman–Crippen MR) is 83.0 cm³/mol. The van der Waals surface area contributed by atoms with Crippen LogP contribution in [0.4, 0.5) is 0 Å². The van der Waals surface area contributed by atoms with Gasteiger partial charge in [-0.15, -0.1) is 0 Å². The number of piperidine rings is 1. The molecule has 5 nitrogen and oxygen atoms in total. The molecule has 21 heavy (non-hydrogen) atoms. The van der Waals surface area contributed by atoms with Crippen LogP contribution in [0.25, 0.3) is 0 Å². The molecule has 0 unspecified atom stereocenters. The van der Waals surface area contributed by atoms with Crippen LogP contribution in [0.5, 0.6) is 0 Å². The fraction of sp³-hybridized carbons (Fsp3) is 0.875. The lowest BCUT2D eigenvalue weighted by atomic mass is 9.81. The minimum absolute atomic E-state index is 0.0495. The van der Waals surface area contributed by atoms with Crippen LogP contribution < -0.4 is 5.32 Å². The molecule has 0 aliphatic carbocycles. The zero-order valence-corrected chi connectivity index (χ0v) is 14.5. The molecule has 0 aromatic carbocycles. The van der Waals surface area contributed by atoms with Crippen molar-refractivity contribution in [2.75, 3.05) is 13.1 Å². The highest BCUT2D eigenvalue weighted by molar-refractivity contribution is 5.76. The van der Waals surface area contributed by atoms with Crippen molar-refractivity contribution in [3.05, 3.63) is 0 Å². The molecule has 5 heteroatoms. The van der Waals surface area contributed by atoms with Gasteiger partial charge in [-0.05, 0) is 74.4 Å². The summed E-state index contributed by atoms with van der Waals surface area (Å²) in [6.45, 7) is 15.5. The third kappa shape index (κ3) is 9.45. The summed E-state index contributed by atoms with van der Waals surface area (Å²) in [7, 11) is 0. The van der Waals surface area contributed by atoms with E-state index in [2.05, 4.69) is 10.1 Å². The van der Waals surface area contributed by atoms with E-state index >= 15 is 0 Å². The lowest BCUT2D eigenvalue weighted by Crippen LogP contribution is -2.43. The lowest BCUT2D eigenvalue weighted by Gasteiger charge is -2.34. The Morgan fingerprint density at radius 1 is 1.05 bits per heavy atom. The zero-order valence-electron chi connectivity index (χ0n) is 14.5. The van der Waals surface area contributed by atoms with Crippen molar-refractivity contribution < 1.29 is 19.1 Å². The maximum Gasteiger partial charge on any atom is 0.312 e. The Morgan fingerprint density at radius 3 is 1.81 bits per heavy atom. The van der Waals surface area contributed by atoms with E-state index in [9.17, 15) is 9.59 Å². The molecule has 1 heterocycles. The highest BCUT2D eigenvalue weighted by atomic mass is 16.6. The third-order valence-electron chi connectivity index (χ3n) is 3.00. The lowest BCUT2D eigenvalue weighted by molar-refractivity contribution is -0.168. The molecular weight excluding hydrogens is 270 g/mol. The summed E-state index contributed by atoms with van der Waals surface area (Å²) in [6, 6.07) is 0. The van der Waals surface area contributed by atoms with Gasteiger partial charge in [0.05, 0.1) is 5.41 Å². The van der Waals surface area contributed by atoms with E-state index in [1.165, 1.54) is 0 Å². The van der Waals surface area contributed by atoms with Crippen LogP contribution in [0.2, 0.25) is 0 Å². The van der Waals surface area contributed by atoms with Crippen LogP contribution in [-0.2, 0) is 19.1 Å². The Hall–Kier alpha value is -1.10. The van der Waals surface area contributed by atoms with Crippen molar-refractivity contribution >= 4 is 12.4 Å². The SMILES string of the molecule is CC(C)(C)OC(=O)C1(C)CCNCC1.CC(C)(C)OC=O. The average Bonchev–Trinajstić information content (AvgIpc) is 2.26. The number of hydrogen-bond donors (Lipinski definition) is 1. The number of nitrogens with one attached hydrogen (secondary N) is 1. The van der Waals surface area contributed by atoms with Gasteiger partial charge in [0.2, 0.25) is 0 Å². The molecule has 0 saturated carbocycles. The highest BCUT2D eigenvalue weighted by Gasteiger charge is 2.37. The second kappa shape index (κ2) is 7.78. The van der Waals surface area contributed by atoms with E-state index < -0.39 is 0 Å². The summed E-state index contributed by atoms with van der Waals surface area (Å²) < 4.78 is 9.96. The van der Waals surface area contributed by atoms with E-state index in [4.69, 9.17) is 4.74 Å². The molecule has 0 spiro atoms. The number of rotatable bonds is 2. The monoisotopic (exact) mass is 301 g/mol. The predicted octanol–water partition coefficient (Wildman–Crippen LogP) is 2.68. The van der Waals surface area contributed by atoms with Gasteiger partial charge in [0.1, 0.15) is 11.2 Å². The van der Waals surface area contributed by atoms with E-state index in [1.807, 2.05) is 48.5 Å². The van der Waals surface area contributed by atoms with Gasteiger partial charge in [-0.1, -0.05) is 0 Å². The van der Waals surface area contributed by atoms with Crippen molar-refractivity contribution in [2.45, 2.75) is 72.5 Å². The van der Waals surface area contributed by atoms with Gasteiger partial charge in [-0.25, -0.2) is 0 Å². The van der Waals surface area contributed by atoms with Crippen molar-refractivity contribution in [1.82, 2.24) is 5.32 Å². The van der Waals surface area contributed by atoms with Crippen molar-refractivity contribution in [3.8, 4) is 0 Å². The molecule has 0 radical (unpaired) electrons. The Balaban J connectivity index is 0.000000486. The summed E-state index contributed by atoms with van der Waals surface area (Å²) in [5, 5.41) is 3.25. The van der Waals surface area contributed by atoms with E-state index in [-0.39, 0.29) is 22.6 Å². The first kappa shape index (κ1) is 19.9. The summed E-state index contributed by atoms with van der Waals surface area (Å²) in [5.74, 6) is -0.0495. The van der Waals surface area contributed by atoms with Gasteiger partial charge in [-0.3, -0.25) is 9.59 Å². The number of carbonyl (C=O) groups is 2. The minimum Gasteiger partial charge on any atom is -0.462 e. The maximum absolute atomic E-state index is 11.9. The van der Waals surface area contributed by atoms with Crippen molar-refractivity contribution in [3.63, 3.8) is 0 Å². The maximum atomic E-state index is 11.9. The second-order valence-electron chi connectivity index (χ2n) is 7.64. The van der Waals surface area contributed by atoms with E-state index in [1.54, 1.807) is 0 Å². The Kier molecular flexibility index (Phi) is 7.37. The number of hydrogen-bond acceptors (Lipinski definition) is 5. The molecule has 1 aliphatic heterocycles. The van der Waals surface area contributed by atoms with Crippen LogP contribution in [-0.4, -0.2) is 36.7 Å². The zero-order chi connectivity index (χ0) is 16.7. The quantitative estimate of drug-likeness (QED) is 0.627. The van der Waals surface area contributed by atoms with Gasteiger partial charge in [0, 0.05) is 0 Å². The molecule has 1 N–H and O–H groups in total. The van der Waals surface area contributed by atoms with Crippen LogP contribution in [0, 0.1) is 5.41 Å². The summed E-state index contributed by atoms with van der Waals surface area (Å²) in [6.07, 6.45) is 1.75. The Morgan fingerprint density at radius 2 is 1.52 bits per heavy atom. The second-order valence-corrected chi connectivity index (χ2v) is 7.64. The topological polar surface area (TPSA) is 64.6 Å². The number of ether oxygens (including phenoxy) is 2. The first-order chi connectivity index (χ1) is 9.40. The van der Waals surface area contributed by atoms with Gasteiger partial charge < -0.3 is 14.8 Å². The van der Waals surface area contributed by atoms with Gasteiger partial charge in [0.15, 0.2) is 0 Å².